The molecule has 5 nitrogen and oxygen atoms in total. The Labute approximate surface area is 147 Å². The van der Waals surface area contributed by atoms with E-state index in [9.17, 15) is 4.79 Å². The molecule has 5 heteroatoms. The first-order chi connectivity index (χ1) is 12.3. The van der Waals surface area contributed by atoms with Gasteiger partial charge in [-0.25, -0.2) is 4.98 Å². The summed E-state index contributed by atoms with van der Waals surface area (Å²) in [7, 11) is 1.64. The Hall–Kier alpha value is -3.08. The highest BCUT2D eigenvalue weighted by Gasteiger charge is 2.11. The van der Waals surface area contributed by atoms with E-state index in [2.05, 4.69) is 10.3 Å². The predicted octanol–water partition coefficient (Wildman–Crippen LogP) is 3.38. The SMILES string of the molecule is COc1ccc(C(=O)NCCCn2ccnc2)cc1-c1ccccc1. The second-order valence-corrected chi connectivity index (χ2v) is 5.69. The topological polar surface area (TPSA) is 56.1 Å². The molecule has 0 unspecified atom stereocenters. The van der Waals surface area contributed by atoms with Crippen LogP contribution in [0.3, 0.4) is 0 Å². The van der Waals surface area contributed by atoms with Gasteiger partial charge in [0.1, 0.15) is 5.75 Å². The predicted molar refractivity (Wildman–Crippen MR) is 97.6 cm³/mol. The summed E-state index contributed by atoms with van der Waals surface area (Å²) in [5, 5.41) is 2.96. The molecule has 0 saturated carbocycles. The molecule has 0 atom stereocenters. The molecule has 0 bridgehead atoms. The molecule has 1 N–H and O–H groups in total. The minimum absolute atomic E-state index is 0.0783. The van der Waals surface area contributed by atoms with E-state index in [1.54, 1.807) is 25.7 Å². The molecule has 3 aromatic rings. The van der Waals surface area contributed by atoms with Gasteiger partial charge in [-0.05, 0) is 30.2 Å². The molecule has 0 saturated heterocycles. The Morgan fingerprint density at radius 1 is 1.20 bits per heavy atom. The zero-order valence-corrected chi connectivity index (χ0v) is 14.2. The lowest BCUT2D eigenvalue weighted by molar-refractivity contribution is 0.0952. The maximum absolute atomic E-state index is 12.4. The van der Waals surface area contributed by atoms with Crippen LogP contribution >= 0.6 is 0 Å². The van der Waals surface area contributed by atoms with E-state index in [-0.39, 0.29) is 5.91 Å². The monoisotopic (exact) mass is 335 g/mol. The quantitative estimate of drug-likeness (QED) is 0.674. The fourth-order valence-corrected chi connectivity index (χ4v) is 2.68. The number of benzene rings is 2. The van der Waals surface area contributed by atoms with Crippen LogP contribution in [0.2, 0.25) is 0 Å². The second-order valence-electron chi connectivity index (χ2n) is 5.69. The molecule has 3 rings (SSSR count). The molecule has 0 aliphatic carbocycles. The van der Waals surface area contributed by atoms with Crippen molar-refractivity contribution in [3.05, 3.63) is 72.8 Å². The number of imidazole rings is 1. The zero-order valence-electron chi connectivity index (χ0n) is 14.2. The van der Waals surface area contributed by atoms with E-state index < -0.39 is 0 Å². The summed E-state index contributed by atoms with van der Waals surface area (Å²) >= 11 is 0. The Kier molecular flexibility index (Phi) is 5.46. The van der Waals surface area contributed by atoms with E-state index in [1.807, 2.05) is 53.2 Å². The molecule has 0 aliphatic rings. The number of methoxy groups -OCH3 is 1. The molecule has 1 heterocycles. The minimum Gasteiger partial charge on any atom is -0.496 e. The van der Waals surface area contributed by atoms with Gasteiger partial charge >= 0.3 is 0 Å². The normalized spacial score (nSPS) is 10.4. The summed E-state index contributed by atoms with van der Waals surface area (Å²) in [6.45, 7) is 1.45. The van der Waals surface area contributed by atoms with Crippen molar-refractivity contribution in [2.75, 3.05) is 13.7 Å². The number of hydrogen-bond acceptors (Lipinski definition) is 3. The first kappa shape index (κ1) is 16.8. The van der Waals surface area contributed by atoms with Crippen molar-refractivity contribution in [1.82, 2.24) is 14.9 Å². The Balaban J connectivity index is 1.66. The summed E-state index contributed by atoms with van der Waals surface area (Å²) in [5.74, 6) is 0.674. The highest BCUT2D eigenvalue weighted by Crippen LogP contribution is 2.30. The average Bonchev–Trinajstić information content (AvgIpc) is 3.18. The van der Waals surface area contributed by atoms with Crippen molar-refractivity contribution in [3.8, 4) is 16.9 Å². The standard InChI is InChI=1S/C20H21N3O2/c1-25-19-9-8-17(14-18(19)16-6-3-2-4-7-16)20(24)22-10-5-12-23-13-11-21-15-23/h2-4,6-9,11,13-15H,5,10,12H2,1H3,(H,22,24). The number of aromatic nitrogens is 2. The van der Waals surface area contributed by atoms with E-state index >= 15 is 0 Å². The van der Waals surface area contributed by atoms with Gasteiger partial charge in [-0.1, -0.05) is 30.3 Å². The van der Waals surface area contributed by atoms with Gasteiger partial charge < -0.3 is 14.6 Å². The molecular weight excluding hydrogens is 314 g/mol. The number of carbonyl (C=O) groups is 1. The van der Waals surface area contributed by atoms with Crippen molar-refractivity contribution < 1.29 is 9.53 Å². The van der Waals surface area contributed by atoms with Crippen molar-refractivity contribution in [2.24, 2.45) is 0 Å². The smallest absolute Gasteiger partial charge is 0.251 e. The number of nitrogens with zero attached hydrogens (tertiary/aromatic N) is 2. The summed E-state index contributed by atoms with van der Waals surface area (Å²) in [6.07, 6.45) is 6.29. The second kappa shape index (κ2) is 8.15. The van der Waals surface area contributed by atoms with Crippen molar-refractivity contribution in [1.29, 1.82) is 0 Å². The third-order valence-electron chi connectivity index (χ3n) is 3.98. The fourth-order valence-electron chi connectivity index (χ4n) is 2.68. The van der Waals surface area contributed by atoms with Crippen LogP contribution in [-0.4, -0.2) is 29.1 Å². The number of ether oxygens (including phenoxy) is 1. The van der Waals surface area contributed by atoms with Crippen LogP contribution in [0.4, 0.5) is 0 Å². The van der Waals surface area contributed by atoms with E-state index in [0.29, 0.717) is 12.1 Å². The Bertz CT molecular complexity index is 814. The van der Waals surface area contributed by atoms with Gasteiger partial charge in [0, 0.05) is 36.6 Å². The summed E-state index contributed by atoms with van der Waals surface area (Å²) in [6, 6.07) is 15.4. The minimum atomic E-state index is -0.0783. The molecule has 1 amide bonds. The van der Waals surface area contributed by atoms with Crippen molar-refractivity contribution in [2.45, 2.75) is 13.0 Å². The maximum Gasteiger partial charge on any atom is 0.251 e. The molecule has 128 valence electrons. The number of hydrogen-bond donors (Lipinski definition) is 1. The highest BCUT2D eigenvalue weighted by molar-refractivity contribution is 5.96. The number of aryl methyl sites for hydroxylation is 1. The number of amides is 1. The lowest BCUT2D eigenvalue weighted by Crippen LogP contribution is -2.25. The largest absolute Gasteiger partial charge is 0.496 e. The van der Waals surface area contributed by atoms with Gasteiger partial charge in [-0.15, -0.1) is 0 Å². The Morgan fingerprint density at radius 3 is 2.76 bits per heavy atom. The average molecular weight is 335 g/mol. The van der Waals surface area contributed by atoms with Crippen LogP contribution in [0.5, 0.6) is 5.75 Å². The van der Waals surface area contributed by atoms with Gasteiger partial charge in [-0.3, -0.25) is 4.79 Å². The van der Waals surface area contributed by atoms with Gasteiger partial charge in [-0.2, -0.15) is 0 Å². The summed E-state index contributed by atoms with van der Waals surface area (Å²) in [5.41, 5.74) is 2.56. The van der Waals surface area contributed by atoms with Crippen LogP contribution in [0, 0.1) is 0 Å². The zero-order chi connectivity index (χ0) is 17.5. The Morgan fingerprint density at radius 2 is 2.04 bits per heavy atom. The maximum atomic E-state index is 12.4. The lowest BCUT2D eigenvalue weighted by Gasteiger charge is -2.11. The number of nitrogens with one attached hydrogen (secondary N) is 1. The van der Waals surface area contributed by atoms with Gasteiger partial charge in [0.05, 0.1) is 13.4 Å². The molecule has 0 spiro atoms. The van der Waals surface area contributed by atoms with E-state index in [1.165, 1.54) is 0 Å². The molecule has 25 heavy (non-hydrogen) atoms. The molecule has 1 aromatic heterocycles. The third kappa shape index (κ3) is 4.26. The summed E-state index contributed by atoms with van der Waals surface area (Å²) < 4.78 is 7.43. The molecule has 0 fully saturated rings. The van der Waals surface area contributed by atoms with Crippen LogP contribution in [0.25, 0.3) is 11.1 Å². The van der Waals surface area contributed by atoms with E-state index in [4.69, 9.17) is 4.74 Å². The van der Waals surface area contributed by atoms with Crippen LogP contribution in [0.15, 0.2) is 67.3 Å². The summed E-state index contributed by atoms with van der Waals surface area (Å²) in [4.78, 5) is 16.4. The van der Waals surface area contributed by atoms with Crippen LogP contribution < -0.4 is 10.1 Å². The highest BCUT2D eigenvalue weighted by atomic mass is 16.5. The molecule has 0 radical (unpaired) electrons. The molecule has 2 aromatic carbocycles. The molecular formula is C20H21N3O2. The first-order valence-corrected chi connectivity index (χ1v) is 8.25. The van der Waals surface area contributed by atoms with E-state index in [0.717, 1.165) is 29.8 Å². The fraction of sp³-hybridized carbons (Fsp3) is 0.200. The number of carbonyl (C=O) groups excluding carboxylic acids is 1. The third-order valence-corrected chi connectivity index (χ3v) is 3.98. The van der Waals surface area contributed by atoms with Crippen molar-refractivity contribution in [3.63, 3.8) is 0 Å². The lowest BCUT2D eigenvalue weighted by atomic mass is 10.0. The van der Waals surface area contributed by atoms with Crippen molar-refractivity contribution >= 4 is 5.91 Å². The van der Waals surface area contributed by atoms with Crippen LogP contribution in [0.1, 0.15) is 16.8 Å². The molecule has 0 aliphatic heterocycles. The first-order valence-electron chi connectivity index (χ1n) is 8.25. The van der Waals surface area contributed by atoms with Gasteiger partial charge in [0.2, 0.25) is 0 Å². The van der Waals surface area contributed by atoms with Gasteiger partial charge in [0.25, 0.3) is 5.91 Å². The number of rotatable bonds is 7. The van der Waals surface area contributed by atoms with Crippen LogP contribution in [-0.2, 0) is 6.54 Å². The van der Waals surface area contributed by atoms with Gasteiger partial charge in [0.15, 0.2) is 0 Å².